The molecule has 0 aliphatic rings. The van der Waals surface area contributed by atoms with E-state index in [0.29, 0.717) is 23.6 Å². The van der Waals surface area contributed by atoms with E-state index in [1.807, 2.05) is 11.5 Å². The maximum absolute atomic E-state index is 12.1. The molecule has 1 amide bonds. The molecule has 1 aromatic heterocycles. The van der Waals surface area contributed by atoms with E-state index in [-0.39, 0.29) is 5.91 Å². The minimum atomic E-state index is -0.177. The fraction of sp³-hybridized carbons (Fsp3) is 0.214. The van der Waals surface area contributed by atoms with Crippen LogP contribution in [-0.4, -0.2) is 17.6 Å². The summed E-state index contributed by atoms with van der Waals surface area (Å²) in [6, 6.07) is 8.84. The third kappa shape index (κ3) is 2.88. The number of nitrogens with one attached hydrogen (secondary N) is 1. The number of hydrogen-bond acceptors (Lipinski definition) is 3. The number of methoxy groups -OCH3 is 1. The third-order valence-corrected chi connectivity index (χ3v) is 2.84. The highest BCUT2D eigenvalue weighted by Gasteiger charge is 2.12. The second-order valence-corrected chi connectivity index (χ2v) is 4.13. The molecule has 0 fully saturated rings. The van der Waals surface area contributed by atoms with Crippen LogP contribution in [0.4, 0.5) is 11.4 Å². The number of amides is 1. The number of anilines is 2. The average Bonchev–Trinajstić information content (AvgIpc) is 2.81. The first-order valence-electron chi connectivity index (χ1n) is 6.05. The summed E-state index contributed by atoms with van der Waals surface area (Å²) in [7, 11) is 1.60. The predicted octanol–water partition coefficient (Wildman–Crippen LogP) is 2.35. The molecule has 0 atom stereocenters. The van der Waals surface area contributed by atoms with Crippen LogP contribution in [-0.2, 0) is 6.54 Å². The molecule has 0 radical (unpaired) electrons. The van der Waals surface area contributed by atoms with Crippen molar-refractivity contribution in [3.8, 4) is 5.75 Å². The fourth-order valence-corrected chi connectivity index (χ4v) is 1.85. The van der Waals surface area contributed by atoms with Crippen LogP contribution in [0.5, 0.6) is 5.75 Å². The Bertz CT molecular complexity index is 573. The maximum Gasteiger partial charge on any atom is 0.272 e. The van der Waals surface area contributed by atoms with Gasteiger partial charge in [0.15, 0.2) is 0 Å². The molecule has 1 aromatic carbocycles. The Labute approximate surface area is 112 Å². The topological polar surface area (TPSA) is 69.3 Å². The zero-order chi connectivity index (χ0) is 13.8. The highest BCUT2D eigenvalue weighted by Crippen LogP contribution is 2.17. The van der Waals surface area contributed by atoms with E-state index in [1.54, 1.807) is 43.6 Å². The Balaban J connectivity index is 2.15. The smallest absolute Gasteiger partial charge is 0.272 e. The predicted molar refractivity (Wildman–Crippen MR) is 75.5 cm³/mol. The highest BCUT2D eigenvalue weighted by atomic mass is 16.5. The first kappa shape index (κ1) is 13.0. The minimum Gasteiger partial charge on any atom is -0.497 e. The van der Waals surface area contributed by atoms with Crippen molar-refractivity contribution < 1.29 is 9.53 Å². The van der Waals surface area contributed by atoms with Crippen LogP contribution in [0, 0.1) is 0 Å². The third-order valence-electron chi connectivity index (χ3n) is 2.84. The number of ether oxygens (including phenoxy) is 1. The lowest BCUT2D eigenvalue weighted by atomic mass is 10.3. The molecule has 19 heavy (non-hydrogen) atoms. The number of benzene rings is 1. The molecular weight excluding hydrogens is 242 g/mol. The van der Waals surface area contributed by atoms with Gasteiger partial charge in [0.05, 0.1) is 12.8 Å². The summed E-state index contributed by atoms with van der Waals surface area (Å²) in [6.45, 7) is 2.66. The van der Waals surface area contributed by atoms with Gasteiger partial charge in [-0.3, -0.25) is 4.79 Å². The molecule has 0 saturated heterocycles. The average molecular weight is 259 g/mol. The van der Waals surface area contributed by atoms with Crippen LogP contribution < -0.4 is 15.8 Å². The quantitative estimate of drug-likeness (QED) is 0.885. The van der Waals surface area contributed by atoms with Crippen molar-refractivity contribution in [2.75, 3.05) is 18.2 Å². The van der Waals surface area contributed by atoms with Gasteiger partial charge in [0.25, 0.3) is 5.91 Å². The van der Waals surface area contributed by atoms with Gasteiger partial charge in [0, 0.05) is 18.4 Å². The van der Waals surface area contributed by atoms with Gasteiger partial charge < -0.3 is 20.4 Å². The van der Waals surface area contributed by atoms with E-state index in [9.17, 15) is 4.79 Å². The number of rotatable bonds is 4. The number of carbonyl (C=O) groups is 1. The minimum absolute atomic E-state index is 0.177. The summed E-state index contributed by atoms with van der Waals surface area (Å²) < 4.78 is 6.88. The van der Waals surface area contributed by atoms with E-state index in [4.69, 9.17) is 10.5 Å². The van der Waals surface area contributed by atoms with Crippen molar-refractivity contribution in [3.63, 3.8) is 0 Å². The van der Waals surface area contributed by atoms with Crippen molar-refractivity contribution in [1.82, 2.24) is 4.57 Å². The van der Waals surface area contributed by atoms with Gasteiger partial charge >= 0.3 is 0 Å². The second-order valence-electron chi connectivity index (χ2n) is 4.13. The van der Waals surface area contributed by atoms with Gasteiger partial charge in [-0.15, -0.1) is 0 Å². The lowest BCUT2D eigenvalue weighted by molar-refractivity contribution is 0.101. The largest absolute Gasteiger partial charge is 0.497 e. The number of aryl methyl sites for hydroxylation is 1. The standard InChI is InChI=1S/C14H17N3O2/c1-3-17-9-10(15)8-13(17)14(18)16-11-4-6-12(19-2)7-5-11/h4-9H,3,15H2,1-2H3,(H,16,18). The summed E-state index contributed by atoms with van der Waals surface area (Å²) in [5, 5.41) is 2.83. The summed E-state index contributed by atoms with van der Waals surface area (Å²) in [5.41, 5.74) is 7.56. The summed E-state index contributed by atoms with van der Waals surface area (Å²) in [5.74, 6) is 0.572. The molecule has 0 saturated carbocycles. The summed E-state index contributed by atoms with van der Waals surface area (Å²) in [4.78, 5) is 12.1. The SMILES string of the molecule is CCn1cc(N)cc1C(=O)Nc1ccc(OC)cc1. The number of nitrogens with zero attached hydrogens (tertiary/aromatic N) is 1. The van der Waals surface area contributed by atoms with E-state index < -0.39 is 0 Å². The van der Waals surface area contributed by atoms with Crippen LogP contribution in [0.25, 0.3) is 0 Å². The Morgan fingerprint density at radius 1 is 1.37 bits per heavy atom. The number of aromatic nitrogens is 1. The van der Waals surface area contributed by atoms with Crippen molar-refractivity contribution in [2.45, 2.75) is 13.5 Å². The fourth-order valence-electron chi connectivity index (χ4n) is 1.85. The molecule has 5 nitrogen and oxygen atoms in total. The van der Waals surface area contributed by atoms with Gasteiger partial charge in [0.2, 0.25) is 0 Å². The molecule has 5 heteroatoms. The number of carbonyl (C=O) groups excluding carboxylic acids is 1. The lowest BCUT2D eigenvalue weighted by Crippen LogP contribution is -2.16. The molecule has 0 aliphatic heterocycles. The molecule has 3 N–H and O–H groups in total. The van der Waals surface area contributed by atoms with Crippen LogP contribution in [0.15, 0.2) is 36.5 Å². The molecule has 0 spiro atoms. The first-order valence-corrected chi connectivity index (χ1v) is 6.05. The maximum atomic E-state index is 12.1. The lowest BCUT2D eigenvalue weighted by Gasteiger charge is -2.08. The van der Waals surface area contributed by atoms with Crippen molar-refractivity contribution in [1.29, 1.82) is 0 Å². The Kier molecular flexibility index (Phi) is 3.75. The Hall–Kier alpha value is -2.43. The normalized spacial score (nSPS) is 10.2. The zero-order valence-corrected chi connectivity index (χ0v) is 11.0. The number of hydrogen-bond donors (Lipinski definition) is 2. The molecular formula is C14H17N3O2. The van der Waals surface area contributed by atoms with Crippen LogP contribution >= 0.6 is 0 Å². The Morgan fingerprint density at radius 2 is 2.05 bits per heavy atom. The Morgan fingerprint density at radius 3 is 2.63 bits per heavy atom. The van der Waals surface area contributed by atoms with E-state index in [0.717, 1.165) is 5.75 Å². The van der Waals surface area contributed by atoms with Crippen LogP contribution in [0.3, 0.4) is 0 Å². The van der Waals surface area contributed by atoms with E-state index >= 15 is 0 Å². The molecule has 0 unspecified atom stereocenters. The summed E-state index contributed by atoms with van der Waals surface area (Å²) >= 11 is 0. The summed E-state index contributed by atoms with van der Waals surface area (Å²) in [6.07, 6.45) is 1.75. The molecule has 100 valence electrons. The highest BCUT2D eigenvalue weighted by molar-refractivity contribution is 6.03. The zero-order valence-electron chi connectivity index (χ0n) is 11.0. The molecule has 2 aromatic rings. The van der Waals surface area contributed by atoms with Crippen LogP contribution in [0.1, 0.15) is 17.4 Å². The monoisotopic (exact) mass is 259 g/mol. The van der Waals surface area contributed by atoms with Gasteiger partial charge in [0.1, 0.15) is 11.4 Å². The number of nitrogens with two attached hydrogens (primary N) is 1. The molecule has 0 bridgehead atoms. The molecule has 0 aliphatic carbocycles. The van der Waals surface area contributed by atoms with E-state index in [1.165, 1.54) is 0 Å². The van der Waals surface area contributed by atoms with Gasteiger partial charge in [-0.05, 0) is 37.3 Å². The van der Waals surface area contributed by atoms with Crippen molar-refractivity contribution in [3.05, 3.63) is 42.2 Å². The van der Waals surface area contributed by atoms with Crippen LogP contribution in [0.2, 0.25) is 0 Å². The molecule has 2 rings (SSSR count). The van der Waals surface area contributed by atoms with Gasteiger partial charge in [-0.1, -0.05) is 0 Å². The number of nitrogen functional groups attached to an aromatic ring is 1. The first-order chi connectivity index (χ1) is 9.13. The molecule has 1 heterocycles. The van der Waals surface area contributed by atoms with Crippen molar-refractivity contribution >= 4 is 17.3 Å². The van der Waals surface area contributed by atoms with Crippen molar-refractivity contribution in [2.24, 2.45) is 0 Å². The van der Waals surface area contributed by atoms with E-state index in [2.05, 4.69) is 5.32 Å². The van der Waals surface area contributed by atoms with Gasteiger partial charge in [-0.25, -0.2) is 0 Å². The second kappa shape index (κ2) is 5.48. The van der Waals surface area contributed by atoms with Gasteiger partial charge in [-0.2, -0.15) is 0 Å².